The van der Waals surface area contributed by atoms with Crippen molar-refractivity contribution < 1.29 is 4.42 Å². The molecule has 3 aromatic heterocycles. The van der Waals surface area contributed by atoms with E-state index in [1.165, 1.54) is 0 Å². The number of nitrogens with zero attached hydrogens (tertiary/aromatic N) is 4. The number of oxazole rings is 1. The Bertz CT molecular complexity index is 685. The second-order valence-electron chi connectivity index (χ2n) is 4.98. The predicted octanol–water partition coefficient (Wildman–Crippen LogP) is 3.10. The molecule has 102 valence electrons. The second kappa shape index (κ2) is 5.28. The minimum atomic E-state index is 0.353. The molecule has 3 rings (SSSR count). The van der Waals surface area contributed by atoms with Crippen LogP contribution in [0.3, 0.4) is 0 Å². The Kier molecular flexibility index (Phi) is 3.33. The molecule has 0 unspecified atom stereocenters. The van der Waals surface area contributed by atoms with Gasteiger partial charge in [0.2, 0.25) is 5.89 Å². The van der Waals surface area contributed by atoms with Crippen LogP contribution in [0.15, 0.2) is 47.7 Å². The minimum Gasteiger partial charge on any atom is -0.443 e. The lowest BCUT2D eigenvalue weighted by molar-refractivity contribution is 0.428. The summed E-state index contributed by atoms with van der Waals surface area (Å²) in [6.45, 7) is 4.76. The molecular formula is C15H16N4O. The van der Waals surface area contributed by atoms with E-state index in [0.717, 1.165) is 17.0 Å². The van der Waals surface area contributed by atoms with Crippen LogP contribution in [0.25, 0.3) is 11.3 Å². The van der Waals surface area contributed by atoms with Crippen molar-refractivity contribution in [3.8, 4) is 11.3 Å². The van der Waals surface area contributed by atoms with Crippen molar-refractivity contribution in [2.45, 2.75) is 26.3 Å². The topological polar surface area (TPSA) is 56.7 Å². The van der Waals surface area contributed by atoms with Gasteiger partial charge in [-0.3, -0.25) is 4.98 Å². The fourth-order valence-corrected chi connectivity index (χ4v) is 1.94. The quantitative estimate of drug-likeness (QED) is 0.729. The number of aromatic nitrogens is 4. The van der Waals surface area contributed by atoms with Crippen molar-refractivity contribution >= 4 is 0 Å². The molecule has 0 N–H and O–H groups in total. The van der Waals surface area contributed by atoms with Gasteiger partial charge < -0.3 is 8.98 Å². The van der Waals surface area contributed by atoms with Gasteiger partial charge in [0.15, 0.2) is 0 Å². The molecule has 3 aromatic rings. The van der Waals surface area contributed by atoms with E-state index in [2.05, 4.69) is 28.8 Å². The molecule has 0 aromatic carbocycles. The fraction of sp³-hybridized carbons (Fsp3) is 0.267. The highest BCUT2D eigenvalue weighted by atomic mass is 16.4. The average molecular weight is 268 g/mol. The molecule has 3 heterocycles. The molecule has 0 aliphatic rings. The molecule has 0 radical (unpaired) electrons. The Morgan fingerprint density at radius 3 is 2.70 bits per heavy atom. The summed E-state index contributed by atoms with van der Waals surface area (Å²) in [6, 6.07) is 3.88. The van der Waals surface area contributed by atoms with Crippen LogP contribution in [0.2, 0.25) is 0 Å². The summed E-state index contributed by atoms with van der Waals surface area (Å²) in [7, 11) is 0. The van der Waals surface area contributed by atoms with Crippen LogP contribution in [0, 0.1) is 0 Å². The zero-order valence-electron chi connectivity index (χ0n) is 11.5. The molecule has 0 fully saturated rings. The van der Waals surface area contributed by atoms with Gasteiger partial charge in [-0.1, -0.05) is 13.8 Å². The summed E-state index contributed by atoms with van der Waals surface area (Å²) in [5.74, 6) is 1.97. The fourth-order valence-electron chi connectivity index (χ4n) is 1.94. The number of pyridine rings is 1. The van der Waals surface area contributed by atoms with E-state index in [0.29, 0.717) is 18.4 Å². The molecular weight excluding hydrogens is 252 g/mol. The standard InChI is InChI=1S/C15H16N4O/c1-11(2)14-7-17-15(20-14)9-19-8-13(18-10-19)12-3-5-16-6-4-12/h3-8,10-11H,9H2,1-2H3. The molecule has 0 atom stereocenters. The van der Waals surface area contributed by atoms with E-state index >= 15 is 0 Å². The van der Waals surface area contributed by atoms with Crippen LogP contribution >= 0.6 is 0 Å². The van der Waals surface area contributed by atoms with Crippen molar-refractivity contribution in [3.63, 3.8) is 0 Å². The minimum absolute atomic E-state index is 0.353. The van der Waals surface area contributed by atoms with E-state index in [9.17, 15) is 0 Å². The summed E-state index contributed by atoms with van der Waals surface area (Å²) >= 11 is 0. The number of imidazole rings is 1. The zero-order valence-corrected chi connectivity index (χ0v) is 11.5. The Hall–Kier alpha value is -2.43. The molecule has 0 aliphatic carbocycles. The van der Waals surface area contributed by atoms with E-state index in [1.54, 1.807) is 24.9 Å². The van der Waals surface area contributed by atoms with Crippen molar-refractivity contribution in [2.75, 3.05) is 0 Å². The third-order valence-electron chi connectivity index (χ3n) is 3.07. The highest BCUT2D eigenvalue weighted by molar-refractivity contribution is 5.56. The second-order valence-corrected chi connectivity index (χ2v) is 4.98. The number of hydrogen-bond acceptors (Lipinski definition) is 4. The van der Waals surface area contributed by atoms with Gasteiger partial charge in [0, 0.05) is 30.1 Å². The molecule has 0 spiro atoms. The lowest BCUT2D eigenvalue weighted by atomic mass is 10.2. The Morgan fingerprint density at radius 2 is 2.00 bits per heavy atom. The van der Waals surface area contributed by atoms with E-state index in [4.69, 9.17) is 4.42 Å². The molecule has 0 aliphatic heterocycles. The highest BCUT2D eigenvalue weighted by Crippen LogP contribution is 2.18. The van der Waals surface area contributed by atoms with Crippen LogP contribution in [0.5, 0.6) is 0 Å². The molecule has 5 heteroatoms. The van der Waals surface area contributed by atoms with Crippen LogP contribution in [0.1, 0.15) is 31.4 Å². The first-order chi connectivity index (χ1) is 9.72. The van der Waals surface area contributed by atoms with Gasteiger partial charge >= 0.3 is 0 Å². The van der Waals surface area contributed by atoms with Crippen LogP contribution in [-0.4, -0.2) is 19.5 Å². The maximum atomic E-state index is 5.69. The average Bonchev–Trinajstić information content (AvgIpc) is 3.10. The Morgan fingerprint density at radius 1 is 1.20 bits per heavy atom. The maximum Gasteiger partial charge on any atom is 0.214 e. The lowest BCUT2D eigenvalue weighted by Crippen LogP contribution is -1.96. The summed E-state index contributed by atoms with van der Waals surface area (Å²) in [5.41, 5.74) is 1.97. The monoisotopic (exact) mass is 268 g/mol. The third kappa shape index (κ3) is 2.61. The van der Waals surface area contributed by atoms with Gasteiger partial charge in [-0.25, -0.2) is 9.97 Å². The molecule has 5 nitrogen and oxygen atoms in total. The van der Waals surface area contributed by atoms with Crippen molar-refractivity contribution in [1.82, 2.24) is 19.5 Å². The first-order valence-electron chi connectivity index (χ1n) is 6.59. The first kappa shape index (κ1) is 12.6. The van der Waals surface area contributed by atoms with Gasteiger partial charge in [0.25, 0.3) is 0 Å². The Labute approximate surface area is 117 Å². The van der Waals surface area contributed by atoms with E-state index in [1.807, 2.05) is 22.9 Å². The normalized spacial score (nSPS) is 11.2. The summed E-state index contributed by atoms with van der Waals surface area (Å²) in [5, 5.41) is 0. The summed E-state index contributed by atoms with van der Waals surface area (Å²) in [4.78, 5) is 12.7. The van der Waals surface area contributed by atoms with Gasteiger partial charge in [0.1, 0.15) is 12.3 Å². The van der Waals surface area contributed by atoms with Gasteiger partial charge in [-0.2, -0.15) is 0 Å². The molecule has 20 heavy (non-hydrogen) atoms. The lowest BCUT2D eigenvalue weighted by Gasteiger charge is -1.99. The van der Waals surface area contributed by atoms with Crippen LogP contribution in [0.4, 0.5) is 0 Å². The Balaban J connectivity index is 1.77. The number of hydrogen-bond donors (Lipinski definition) is 0. The molecule has 0 saturated carbocycles. The van der Waals surface area contributed by atoms with Crippen LogP contribution in [-0.2, 0) is 6.54 Å². The summed E-state index contributed by atoms with van der Waals surface area (Å²) < 4.78 is 7.66. The molecule has 0 amide bonds. The van der Waals surface area contributed by atoms with Gasteiger partial charge in [-0.15, -0.1) is 0 Å². The third-order valence-corrected chi connectivity index (χ3v) is 3.07. The van der Waals surface area contributed by atoms with Crippen molar-refractivity contribution in [3.05, 3.63) is 54.9 Å². The van der Waals surface area contributed by atoms with Gasteiger partial charge in [-0.05, 0) is 12.1 Å². The predicted molar refractivity (Wildman–Crippen MR) is 75.2 cm³/mol. The van der Waals surface area contributed by atoms with Crippen molar-refractivity contribution in [1.29, 1.82) is 0 Å². The molecule has 0 bridgehead atoms. The zero-order chi connectivity index (χ0) is 13.9. The van der Waals surface area contributed by atoms with E-state index in [-0.39, 0.29) is 0 Å². The van der Waals surface area contributed by atoms with Crippen molar-refractivity contribution in [2.24, 2.45) is 0 Å². The first-order valence-corrected chi connectivity index (χ1v) is 6.59. The smallest absolute Gasteiger partial charge is 0.214 e. The number of rotatable bonds is 4. The maximum absolute atomic E-state index is 5.69. The molecule has 0 saturated heterocycles. The van der Waals surface area contributed by atoms with E-state index < -0.39 is 0 Å². The summed E-state index contributed by atoms with van der Waals surface area (Å²) in [6.07, 6.45) is 9.08. The van der Waals surface area contributed by atoms with Crippen LogP contribution < -0.4 is 0 Å². The largest absolute Gasteiger partial charge is 0.443 e. The SMILES string of the molecule is CC(C)c1cnc(Cn2cnc(-c3ccncc3)c2)o1. The van der Waals surface area contributed by atoms with Gasteiger partial charge in [0.05, 0.1) is 18.2 Å². The highest BCUT2D eigenvalue weighted by Gasteiger charge is 2.09.